The molecular formula is C24H30N2O8. The molecule has 2 aromatic carbocycles. The highest BCUT2D eigenvalue weighted by Crippen LogP contribution is 2.39. The van der Waals surface area contributed by atoms with Crippen molar-refractivity contribution < 1.29 is 38.1 Å². The maximum Gasteiger partial charge on any atom is 0.325 e. The quantitative estimate of drug-likeness (QED) is 0.336. The van der Waals surface area contributed by atoms with Crippen LogP contribution in [0.25, 0.3) is 0 Å². The molecule has 0 unspecified atom stereocenters. The molecule has 0 atom stereocenters. The fourth-order valence-electron chi connectivity index (χ4n) is 2.84. The third kappa shape index (κ3) is 7.88. The molecule has 2 rings (SSSR count). The van der Waals surface area contributed by atoms with E-state index in [0.717, 1.165) is 12.8 Å². The molecule has 34 heavy (non-hydrogen) atoms. The number of amides is 2. The molecular weight excluding hydrogens is 444 g/mol. The van der Waals surface area contributed by atoms with Gasteiger partial charge < -0.3 is 34.3 Å². The Morgan fingerprint density at radius 1 is 0.912 bits per heavy atom. The van der Waals surface area contributed by atoms with Crippen molar-refractivity contribution in [1.29, 1.82) is 0 Å². The fraction of sp³-hybridized carbons (Fsp3) is 0.375. The summed E-state index contributed by atoms with van der Waals surface area (Å²) in [5, 5.41) is 5.04. The molecule has 0 saturated carbocycles. The van der Waals surface area contributed by atoms with Crippen molar-refractivity contribution in [3.05, 3.63) is 42.0 Å². The average Bonchev–Trinajstić information content (AvgIpc) is 2.85. The second kappa shape index (κ2) is 13.6. The standard InChI is InChI=1S/C24H30N2O8/c1-5-6-11-33-18-9-7-16(8-10-18)24(29)25-14-22(28)34-15-21(27)26-17-12-19(30-2)23(32-4)20(13-17)31-3/h7-10,12-13H,5-6,11,14-15H2,1-4H3,(H,25,29)(H,26,27). The number of nitrogens with one attached hydrogen (secondary N) is 2. The molecule has 0 bridgehead atoms. The fourth-order valence-corrected chi connectivity index (χ4v) is 2.84. The minimum atomic E-state index is -0.757. The van der Waals surface area contributed by atoms with Crippen molar-refractivity contribution in [2.75, 3.05) is 46.4 Å². The van der Waals surface area contributed by atoms with E-state index in [2.05, 4.69) is 17.6 Å². The van der Waals surface area contributed by atoms with Crippen LogP contribution in [0.3, 0.4) is 0 Å². The van der Waals surface area contributed by atoms with E-state index in [1.165, 1.54) is 21.3 Å². The molecule has 0 radical (unpaired) electrons. The Labute approximate surface area is 198 Å². The van der Waals surface area contributed by atoms with Crippen LogP contribution in [0.15, 0.2) is 36.4 Å². The minimum absolute atomic E-state index is 0.359. The number of esters is 1. The van der Waals surface area contributed by atoms with Gasteiger partial charge in [0.2, 0.25) is 5.75 Å². The molecule has 2 aromatic rings. The maximum atomic E-state index is 12.2. The largest absolute Gasteiger partial charge is 0.494 e. The van der Waals surface area contributed by atoms with E-state index in [-0.39, 0.29) is 6.54 Å². The first kappa shape index (κ1) is 26.3. The number of carbonyl (C=O) groups excluding carboxylic acids is 3. The highest BCUT2D eigenvalue weighted by Gasteiger charge is 2.16. The van der Waals surface area contributed by atoms with Gasteiger partial charge in [0.05, 0.1) is 27.9 Å². The van der Waals surface area contributed by atoms with Gasteiger partial charge in [-0.1, -0.05) is 13.3 Å². The molecule has 0 saturated heterocycles. The second-order valence-corrected chi connectivity index (χ2v) is 7.03. The zero-order valence-corrected chi connectivity index (χ0v) is 19.8. The lowest BCUT2D eigenvalue weighted by molar-refractivity contribution is -0.146. The van der Waals surface area contributed by atoms with Crippen LogP contribution in [-0.4, -0.2) is 58.9 Å². The van der Waals surface area contributed by atoms with Gasteiger partial charge in [0.15, 0.2) is 18.1 Å². The maximum absolute atomic E-state index is 12.2. The number of rotatable bonds is 13. The number of carbonyl (C=O) groups is 3. The SMILES string of the molecule is CCCCOc1ccc(C(=O)NCC(=O)OCC(=O)Nc2cc(OC)c(OC)c(OC)c2)cc1. The third-order valence-corrected chi connectivity index (χ3v) is 4.59. The van der Waals surface area contributed by atoms with Gasteiger partial charge in [-0.25, -0.2) is 0 Å². The van der Waals surface area contributed by atoms with Crippen LogP contribution in [0.2, 0.25) is 0 Å². The summed E-state index contributed by atoms with van der Waals surface area (Å²) in [6, 6.07) is 9.68. The summed E-state index contributed by atoms with van der Waals surface area (Å²) < 4.78 is 26.2. The smallest absolute Gasteiger partial charge is 0.325 e. The summed E-state index contributed by atoms with van der Waals surface area (Å²) in [5.41, 5.74) is 0.738. The first-order chi connectivity index (χ1) is 16.4. The Kier molecular flexibility index (Phi) is 10.5. The lowest BCUT2D eigenvalue weighted by atomic mass is 10.2. The Morgan fingerprint density at radius 3 is 2.12 bits per heavy atom. The number of benzene rings is 2. The number of hydrogen-bond donors (Lipinski definition) is 2. The van der Waals surface area contributed by atoms with E-state index < -0.39 is 24.4 Å². The molecule has 2 amide bonds. The van der Waals surface area contributed by atoms with Crippen LogP contribution in [0.5, 0.6) is 23.0 Å². The third-order valence-electron chi connectivity index (χ3n) is 4.59. The number of anilines is 1. The first-order valence-corrected chi connectivity index (χ1v) is 10.7. The highest BCUT2D eigenvalue weighted by molar-refractivity contribution is 5.96. The second-order valence-electron chi connectivity index (χ2n) is 7.03. The predicted octanol–water partition coefficient (Wildman–Crippen LogP) is 2.80. The zero-order chi connectivity index (χ0) is 24.9. The van der Waals surface area contributed by atoms with Gasteiger partial charge >= 0.3 is 5.97 Å². The molecule has 10 heteroatoms. The minimum Gasteiger partial charge on any atom is -0.494 e. The molecule has 0 spiro atoms. The highest BCUT2D eigenvalue weighted by atomic mass is 16.5. The first-order valence-electron chi connectivity index (χ1n) is 10.7. The van der Waals surface area contributed by atoms with Crippen LogP contribution < -0.4 is 29.6 Å². The van der Waals surface area contributed by atoms with E-state index in [4.69, 9.17) is 23.7 Å². The number of unbranched alkanes of at least 4 members (excludes halogenated alkanes) is 1. The van der Waals surface area contributed by atoms with Gasteiger partial charge in [-0.05, 0) is 30.7 Å². The molecule has 2 N–H and O–H groups in total. The van der Waals surface area contributed by atoms with Crippen molar-refractivity contribution in [2.45, 2.75) is 19.8 Å². The summed E-state index contributed by atoms with van der Waals surface area (Å²) in [6.07, 6.45) is 1.98. The summed E-state index contributed by atoms with van der Waals surface area (Å²) in [5.74, 6) is -0.0133. The zero-order valence-electron chi connectivity index (χ0n) is 19.8. The van der Waals surface area contributed by atoms with Gasteiger partial charge in [-0.3, -0.25) is 14.4 Å². The van der Waals surface area contributed by atoms with Gasteiger partial charge in [-0.15, -0.1) is 0 Å². The molecule has 0 heterocycles. The molecule has 184 valence electrons. The summed E-state index contributed by atoms with van der Waals surface area (Å²) in [6.45, 7) is 1.77. The van der Waals surface area contributed by atoms with Crippen molar-refractivity contribution in [1.82, 2.24) is 5.32 Å². The summed E-state index contributed by atoms with van der Waals surface area (Å²) >= 11 is 0. The Morgan fingerprint density at radius 2 is 1.56 bits per heavy atom. The average molecular weight is 475 g/mol. The Balaban J connectivity index is 1.79. The molecule has 0 aliphatic rings. The Bertz CT molecular complexity index is 950. The van der Waals surface area contributed by atoms with E-state index in [0.29, 0.717) is 40.9 Å². The van der Waals surface area contributed by atoms with E-state index in [1.807, 2.05) is 0 Å². The molecule has 0 aliphatic carbocycles. The monoisotopic (exact) mass is 474 g/mol. The predicted molar refractivity (Wildman–Crippen MR) is 125 cm³/mol. The van der Waals surface area contributed by atoms with Gasteiger partial charge in [-0.2, -0.15) is 0 Å². The lowest BCUT2D eigenvalue weighted by Crippen LogP contribution is -2.32. The van der Waals surface area contributed by atoms with Crippen LogP contribution in [0.4, 0.5) is 5.69 Å². The van der Waals surface area contributed by atoms with Gasteiger partial charge in [0, 0.05) is 23.4 Å². The summed E-state index contributed by atoms with van der Waals surface area (Å²) in [4.78, 5) is 36.3. The number of ether oxygens (including phenoxy) is 5. The van der Waals surface area contributed by atoms with Gasteiger partial charge in [0.25, 0.3) is 11.8 Å². The van der Waals surface area contributed by atoms with Crippen LogP contribution in [-0.2, 0) is 14.3 Å². The molecule has 0 aromatic heterocycles. The van der Waals surface area contributed by atoms with Crippen molar-refractivity contribution in [3.8, 4) is 23.0 Å². The number of methoxy groups -OCH3 is 3. The lowest BCUT2D eigenvalue weighted by Gasteiger charge is -2.14. The van der Waals surface area contributed by atoms with Crippen molar-refractivity contribution in [3.63, 3.8) is 0 Å². The Hall–Kier alpha value is -3.95. The van der Waals surface area contributed by atoms with E-state index in [1.54, 1.807) is 36.4 Å². The van der Waals surface area contributed by atoms with Crippen LogP contribution in [0.1, 0.15) is 30.1 Å². The topological polar surface area (TPSA) is 121 Å². The van der Waals surface area contributed by atoms with Crippen molar-refractivity contribution >= 4 is 23.5 Å². The van der Waals surface area contributed by atoms with Gasteiger partial charge in [0.1, 0.15) is 12.3 Å². The van der Waals surface area contributed by atoms with E-state index >= 15 is 0 Å². The molecule has 0 aliphatic heterocycles. The normalized spacial score (nSPS) is 10.1. The van der Waals surface area contributed by atoms with Crippen LogP contribution >= 0.6 is 0 Å². The van der Waals surface area contributed by atoms with Crippen LogP contribution in [0, 0.1) is 0 Å². The summed E-state index contributed by atoms with van der Waals surface area (Å²) in [7, 11) is 4.37. The van der Waals surface area contributed by atoms with E-state index in [9.17, 15) is 14.4 Å². The number of hydrogen-bond acceptors (Lipinski definition) is 8. The molecule has 0 fully saturated rings. The molecule has 10 nitrogen and oxygen atoms in total. The van der Waals surface area contributed by atoms with Crippen molar-refractivity contribution in [2.24, 2.45) is 0 Å².